The number of benzene rings is 6. The highest BCUT2D eigenvalue weighted by Crippen LogP contribution is 2.50. The molecular weight excluding hydrogens is 1070 g/mol. The van der Waals surface area contributed by atoms with E-state index in [0.29, 0.717) is 72.3 Å². The van der Waals surface area contributed by atoms with Crippen LogP contribution in [0.25, 0.3) is 0 Å². The van der Waals surface area contributed by atoms with Gasteiger partial charge in [0.05, 0.1) is 39.6 Å². The van der Waals surface area contributed by atoms with Crippen LogP contribution < -0.4 is 28.4 Å². The Morgan fingerprint density at radius 2 is 0.635 bits per heavy atom. The fraction of sp³-hybridized carbons (Fsp3) is 0.507. The van der Waals surface area contributed by atoms with Gasteiger partial charge in [0.1, 0.15) is 111 Å². The first-order valence-electron chi connectivity index (χ1n) is 31.1. The lowest BCUT2D eigenvalue weighted by Gasteiger charge is -2.38. The van der Waals surface area contributed by atoms with Crippen LogP contribution in [0.1, 0.15) is 138 Å². The van der Waals surface area contributed by atoms with Crippen molar-refractivity contribution in [1.29, 1.82) is 0 Å². The van der Waals surface area contributed by atoms with Crippen LogP contribution in [0.5, 0.6) is 34.5 Å². The Morgan fingerprint density at radius 1 is 0.329 bits per heavy atom. The van der Waals surface area contributed by atoms with E-state index >= 15 is 0 Å². The van der Waals surface area contributed by atoms with E-state index in [1.165, 1.54) is 38.9 Å². The zero-order valence-corrected chi connectivity index (χ0v) is 51.7. The van der Waals surface area contributed by atoms with E-state index in [-0.39, 0.29) is 47.5 Å². The quantitative estimate of drug-likeness (QED) is 0.0373. The highest BCUT2D eigenvalue weighted by Gasteiger charge is 2.40. The molecule has 6 aromatic rings. The molecule has 0 bridgehead atoms. The van der Waals surface area contributed by atoms with Crippen molar-refractivity contribution < 1.29 is 56.8 Å². The molecule has 6 aromatic carbocycles. The molecule has 6 aliphatic heterocycles. The average Bonchev–Trinajstić information content (AvgIpc) is 2.67. The van der Waals surface area contributed by atoms with Gasteiger partial charge >= 0.3 is 0 Å². The molecule has 12 nitrogen and oxygen atoms in total. The molecule has 0 saturated carbocycles. The number of hydrogen-bond acceptors (Lipinski definition) is 12. The van der Waals surface area contributed by atoms with Gasteiger partial charge in [-0.15, -0.1) is 0 Å². The van der Waals surface area contributed by atoms with Crippen LogP contribution >= 0.6 is 0 Å². The van der Waals surface area contributed by atoms with Crippen LogP contribution in [-0.2, 0) is 68.3 Å². The molecule has 0 N–H and O–H groups in total. The monoisotopic (exact) mass is 1160 g/mol. The van der Waals surface area contributed by atoms with Crippen molar-refractivity contribution in [2.24, 2.45) is 0 Å². The zero-order valence-electron chi connectivity index (χ0n) is 51.7. The van der Waals surface area contributed by atoms with E-state index in [0.717, 1.165) is 83.8 Å². The standard InChI is InChI=1S/C73H88O12/c1-11-72(9,64-31-53(20-28-67(64)84-45-62-42-81-62)70(5,6)50-15-23-56(24-16-50)75-36-59-39-78-59)34-48-30-54(71(7,8)51-17-25-57(26-18-51)76-37-60-40-79-60)32-65(68(48)85-46-63-43-82-63)73(10,12-2)33-47-29-52(19-27-66(47)83-44-61-41-80-61)69(3,4)49-13-21-55(22-14-49)74-35-58-38-77-58/h13-32,58-63H,11-12,33-46H2,1-10H3. The largest absolute Gasteiger partial charge is 0.491 e. The summed E-state index contributed by atoms with van der Waals surface area (Å²) in [5.41, 5.74) is 9.78. The molecule has 6 saturated heterocycles. The molecule has 6 aliphatic rings. The van der Waals surface area contributed by atoms with Crippen molar-refractivity contribution in [3.63, 3.8) is 0 Å². The molecule has 0 radical (unpaired) electrons. The van der Waals surface area contributed by atoms with Gasteiger partial charge in [0.2, 0.25) is 0 Å². The second kappa shape index (κ2) is 24.2. The normalized spacial score (nSPS) is 22.6. The highest BCUT2D eigenvalue weighted by atomic mass is 16.6. The van der Waals surface area contributed by atoms with E-state index in [1.807, 2.05) is 0 Å². The third kappa shape index (κ3) is 14.2. The van der Waals surface area contributed by atoms with Crippen LogP contribution in [0.15, 0.2) is 121 Å². The van der Waals surface area contributed by atoms with Crippen LogP contribution in [0, 0.1) is 0 Å². The Morgan fingerprint density at radius 3 is 1.05 bits per heavy atom. The lowest BCUT2D eigenvalue weighted by Crippen LogP contribution is -2.31. The lowest BCUT2D eigenvalue weighted by atomic mass is 9.67. The Kier molecular flexibility index (Phi) is 16.9. The Hall–Kier alpha value is -6.12. The smallest absolute Gasteiger partial charge is 0.126 e. The summed E-state index contributed by atoms with van der Waals surface area (Å²) < 4.78 is 72.9. The molecule has 12 rings (SSSR count). The maximum atomic E-state index is 7.36. The number of rotatable bonds is 32. The second-order valence-corrected chi connectivity index (χ2v) is 26.8. The molecule has 452 valence electrons. The Bertz CT molecular complexity index is 3250. The summed E-state index contributed by atoms with van der Waals surface area (Å²) in [6.45, 7) is 30.9. The van der Waals surface area contributed by atoms with Crippen molar-refractivity contribution in [2.75, 3.05) is 79.3 Å². The molecule has 0 amide bonds. The van der Waals surface area contributed by atoms with E-state index < -0.39 is 16.2 Å². The van der Waals surface area contributed by atoms with Gasteiger partial charge in [-0.2, -0.15) is 0 Å². The third-order valence-corrected chi connectivity index (χ3v) is 19.1. The average molecular weight is 1160 g/mol. The van der Waals surface area contributed by atoms with Crippen molar-refractivity contribution in [2.45, 2.75) is 159 Å². The van der Waals surface area contributed by atoms with E-state index in [4.69, 9.17) is 56.8 Å². The molecule has 6 fully saturated rings. The summed E-state index contributed by atoms with van der Waals surface area (Å²) in [4.78, 5) is 0. The van der Waals surface area contributed by atoms with Gasteiger partial charge in [0.25, 0.3) is 0 Å². The van der Waals surface area contributed by atoms with Gasteiger partial charge < -0.3 is 56.8 Å². The molecule has 6 heterocycles. The van der Waals surface area contributed by atoms with Gasteiger partial charge in [-0.1, -0.05) is 142 Å². The lowest BCUT2D eigenvalue weighted by molar-refractivity contribution is 0.248. The zero-order chi connectivity index (χ0) is 59.1. The fourth-order valence-corrected chi connectivity index (χ4v) is 11.7. The van der Waals surface area contributed by atoms with Crippen LogP contribution in [0.2, 0.25) is 0 Å². The molecule has 8 unspecified atom stereocenters. The first-order chi connectivity index (χ1) is 40.9. The summed E-state index contributed by atoms with van der Waals surface area (Å²) >= 11 is 0. The van der Waals surface area contributed by atoms with E-state index in [9.17, 15) is 0 Å². The maximum absolute atomic E-state index is 7.36. The van der Waals surface area contributed by atoms with Gasteiger partial charge in [-0.05, 0) is 119 Å². The molecule has 0 aliphatic carbocycles. The minimum atomic E-state index is -0.457. The molecule has 85 heavy (non-hydrogen) atoms. The summed E-state index contributed by atoms with van der Waals surface area (Å²) in [6.07, 6.45) is 3.78. The van der Waals surface area contributed by atoms with Gasteiger partial charge in [0, 0.05) is 38.2 Å². The molecule has 12 heteroatoms. The third-order valence-electron chi connectivity index (χ3n) is 19.1. The number of epoxide rings is 6. The maximum Gasteiger partial charge on any atom is 0.126 e. The fourth-order valence-electron chi connectivity index (χ4n) is 11.7. The van der Waals surface area contributed by atoms with Crippen molar-refractivity contribution in [1.82, 2.24) is 0 Å². The first kappa shape index (κ1) is 59.2. The first-order valence-corrected chi connectivity index (χ1v) is 31.1. The second-order valence-electron chi connectivity index (χ2n) is 26.8. The summed E-state index contributed by atoms with van der Waals surface area (Å²) in [5.74, 6) is 5.21. The van der Waals surface area contributed by atoms with Gasteiger partial charge in [-0.3, -0.25) is 0 Å². The van der Waals surface area contributed by atoms with Crippen molar-refractivity contribution in [3.05, 3.63) is 177 Å². The molecule has 0 aromatic heterocycles. The van der Waals surface area contributed by atoms with Gasteiger partial charge in [-0.25, -0.2) is 0 Å². The number of ether oxygens (including phenoxy) is 12. The van der Waals surface area contributed by atoms with Gasteiger partial charge in [0.15, 0.2) is 0 Å². The highest BCUT2D eigenvalue weighted by molar-refractivity contribution is 5.57. The Balaban J connectivity index is 0.958. The number of hydrogen-bond donors (Lipinski definition) is 0. The molecular formula is C73H88O12. The molecule has 0 spiro atoms. The van der Waals surface area contributed by atoms with Crippen molar-refractivity contribution >= 4 is 0 Å². The summed E-state index contributed by atoms with van der Waals surface area (Å²) in [5, 5.41) is 0. The van der Waals surface area contributed by atoms with Crippen LogP contribution in [0.4, 0.5) is 0 Å². The van der Waals surface area contributed by atoms with Crippen LogP contribution in [0.3, 0.4) is 0 Å². The van der Waals surface area contributed by atoms with Crippen LogP contribution in [-0.4, -0.2) is 116 Å². The predicted octanol–water partition coefficient (Wildman–Crippen LogP) is 13.2. The Labute approximate surface area is 504 Å². The summed E-state index contributed by atoms with van der Waals surface area (Å²) in [6, 6.07) is 44.3. The summed E-state index contributed by atoms with van der Waals surface area (Å²) in [7, 11) is 0. The topological polar surface area (TPSA) is 131 Å². The SMILES string of the molecule is CCC(C)(Cc1cc(C(C)(C)c2ccc(OCC3CO3)cc2)cc(C(C)(CC)Cc2cc(C(C)(C)c3ccc(OCC4CO4)cc3)ccc2OCC2CO2)c1OCC1CO1)c1cc(C(C)(C)c2ccc(OCC3CO3)cc2)ccc1OCC1CO1. The molecule has 8 atom stereocenters. The minimum Gasteiger partial charge on any atom is -0.491 e. The van der Waals surface area contributed by atoms with Crippen molar-refractivity contribution in [3.8, 4) is 34.5 Å². The van der Waals surface area contributed by atoms with E-state index in [1.54, 1.807) is 0 Å². The van der Waals surface area contributed by atoms with E-state index in [2.05, 4.69) is 191 Å². The predicted molar refractivity (Wildman–Crippen MR) is 329 cm³/mol. The minimum absolute atomic E-state index is 0.0299.